The van der Waals surface area contributed by atoms with Gasteiger partial charge in [0.25, 0.3) is 0 Å². The number of carbonyl (C=O) groups excluding carboxylic acids is 1. The lowest BCUT2D eigenvalue weighted by Crippen LogP contribution is -2.12. The number of aliphatic hydroxyl groups excluding tert-OH is 1. The number of para-hydroxylation sites is 1. The molecule has 0 amide bonds. The van der Waals surface area contributed by atoms with E-state index in [0.29, 0.717) is 22.0 Å². The van der Waals surface area contributed by atoms with E-state index in [-0.39, 0.29) is 28.7 Å². The zero-order chi connectivity index (χ0) is 21.7. The fourth-order valence-electron chi connectivity index (χ4n) is 2.72. The summed E-state index contributed by atoms with van der Waals surface area (Å²) in [7, 11) is 3.06. The van der Waals surface area contributed by atoms with Gasteiger partial charge in [-0.25, -0.2) is 14.2 Å². The van der Waals surface area contributed by atoms with Crippen molar-refractivity contribution >= 4 is 34.5 Å². The highest BCUT2D eigenvalue weighted by atomic mass is 32.2. The number of nitrogens with zero attached hydrogens (tertiary/aromatic N) is 1. The fourth-order valence-corrected chi connectivity index (χ4v) is 3.74. The van der Waals surface area contributed by atoms with Crippen LogP contribution in [0.1, 0.15) is 12.5 Å². The van der Waals surface area contributed by atoms with Crippen molar-refractivity contribution in [3.8, 4) is 11.5 Å². The molecule has 156 valence electrons. The number of rotatable bonds is 6. The Kier molecular flexibility index (Phi) is 6.79. The number of benzene rings is 2. The summed E-state index contributed by atoms with van der Waals surface area (Å²) in [6.07, 6.45) is 1.65. The predicted molar refractivity (Wildman–Crippen MR) is 115 cm³/mol. The van der Waals surface area contributed by atoms with Gasteiger partial charge in [-0.1, -0.05) is 23.9 Å². The number of aliphatic hydroxyl groups is 1. The van der Waals surface area contributed by atoms with E-state index in [1.54, 1.807) is 50.4 Å². The first-order valence-corrected chi connectivity index (χ1v) is 9.86. The van der Waals surface area contributed by atoms with Crippen LogP contribution < -0.4 is 9.47 Å². The van der Waals surface area contributed by atoms with Crippen LogP contribution in [-0.2, 0) is 9.53 Å². The second kappa shape index (κ2) is 9.49. The van der Waals surface area contributed by atoms with Crippen LogP contribution in [0.5, 0.6) is 11.5 Å². The molecule has 0 bridgehead atoms. The minimum absolute atomic E-state index is 0.0536. The smallest absolute Gasteiger partial charge is 0.344 e. The first-order chi connectivity index (χ1) is 14.5. The highest BCUT2D eigenvalue weighted by Crippen LogP contribution is 2.41. The minimum Gasteiger partial charge on any atom is -0.506 e. The van der Waals surface area contributed by atoms with Crippen molar-refractivity contribution in [3.05, 3.63) is 70.1 Å². The maximum absolute atomic E-state index is 14.1. The number of ether oxygens (including phenoxy) is 3. The molecule has 0 aromatic heterocycles. The molecule has 0 fully saturated rings. The Hall–Kier alpha value is -3.26. The molecule has 1 aliphatic rings. The van der Waals surface area contributed by atoms with E-state index in [1.165, 1.54) is 19.2 Å². The zero-order valence-corrected chi connectivity index (χ0v) is 17.5. The molecule has 30 heavy (non-hydrogen) atoms. The molecule has 0 saturated carbocycles. The van der Waals surface area contributed by atoms with Crippen LogP contribution in [0.15, 0.2) is 63.7 Å². The van der Waals surface area contributed by atoms with E-state index in [0.717, 1.165) is 11.8 Å². The molecule has 2 aromatic carbocycles. The fraction of sp³-hybridized carbons (Fsp3) is 0.182. The lowest BCUT2D eigenvalue weighted by atomic mass is 10.1. The van der Waals surface area contributed by atoms with E-state index < -0.39 is 11.8 Å². The predicted octanol–water partition coefficient (Wildman–Crippen LogP) is 5.04. The lowest BCUT2D eigenvalue weighted by Gasteiger charge is -2.08. The van der Waals surface area contributed by atoms with E-state index in [2.05, 4.69) is 4.99 Å². The van der Waals surface area contributed by atoms with Crippen molar-refractivity contribution in [2.24, 2.45) is 4.99 Å². The Balaban J connectivity index is 2.08. The molecule has 0 unspecified atom stereocenters. The molecular formula is C22H20FNO5S. The second-order valence-corrected chi connectivity index (χ2v) is 7.06. The van der Waals surface area contributed by atoms with Crippen LogP contribution in [0.25, 0.3) is 6.08 Å². The first-order valence-electron chi connectivity index (χ1n) is 9.04. The monoisotopic (exact) mass is 429 g/mol. The van der Waals surface area contributed by atoms with Gasteiger partial charge in [0.2, 0.25) is 0 Å². The Morgan fingerprint density at radius 1 is 1.20 bits per heavy atom. The van der Waals surface area contributed by atoms with Crippen LogP contribution >= 0.6 is 11.8 Å². The first kappa shape index (κ1) is 21.4. The van der Waals surface area contributed by atoms with E-state index in [9.17, 15) is 14.3 Å². The summed E-state index contributed by atoms with van der Waals surface area (Å²) in [5.74, 6) is -0.425. The number of hydrogen-bond acceptors (Lipinski definition) is 7. The van der Waals surface area contributed by atoms with Gasteiger partial charge in [-0.2, -0.15) is 0 Å². The largest absolute Gasteiger partial charge is 0.506 e. The van der Waals surface area contributed by atoms with Crippen LogP contribution in [-0.4, -0.2) is 36.9 Å². The molecule has 1 N–H and O–H groups in total. The molecule has 0 radical (unpaired) electrons. The number of aliphatic imine (C=N–C) groups is 1. The van der Waals surface area contributed by atoms with Crippen LogP contribution in [0.2, 0.25) is 0 Å². The lowest BCUT2D eigenvalue weighted by molar-refractivity contribution is -0.138. The topological polar surface area (TPSA) is 77.4 Å². The van der Waals surface area contributed by atoms with E-state index in [4.69, 9.17) is 14.2 Å². The Morgan fingerprint density at radius 3 is 2.63 bits per heavy atom. The van der Waals surface area contributed by atoms with Crippen molar-refractivity contribution < 1.29 is 28.5 Å². The molecule has 1 aliphatic heterocycles. The third kappa shape index (κ3) is 4.49. The Bertz CT molecular complexity index is 1060. The third-order valence-electron chi connectivity index (χ3n) is 4.17. The van der Waals surface area contributed by atoms with Gasteiger partial charge >= 0.3 is 5.97 Å². The SMILES string of the molecule is CCOC(=O)C1=C(O)C(=Cc2ccc(OC)cc2OC)SC1=Nc1ccccc1F. The zero-order valence-electron chi connectivity index (χ0n) is 16.6. The molecule has 3 rings (SSSR count). The van der Waals surface area contributed by atoms with Gasteiger partial charge in [-0.05, 0) is 37.3 Å². The van der Waals surface area contributed by atoms with Gasteiger partial charge < -0.3 is 19.3 Å². The number of esters is 1. The number of halogens is 1. The summed E-state index contributed by atoms with van der Waals surface area (Å²) in [6, 6.07) is 11.1. The number of carbonyl (C=O) groups is 1. The average Bonchev–Trinajstić information content (AvgIpc) is 3.05. The molecule has 0 spiro atoms. The maximum Gasteiger partial charge on any atom is 0.344 e. The number of hydrogen-bond donors (Lipinski definition) is 1. The van der Waals surface area contributed by atoms with Crippen molar-refractivity contribution in [3.63, 3.8) is 0 Å². The Labute approximate surface area is 177 Å². The number of methoxy groups -OCH3 is 2. The van der Waals surface area contributed by atoms with Crippen molar-refractivity contribution in [2.45, 2.75) is 6.92 Å². The van der Waals surface area contributed by atoms with Crippen molar-refractivity contribution in [2.75, 3.05) is 20.8 Å². The summed E-state index contributed by atoms with van der Waals surface area (Å²) >= 11 is 1.04. The molecule has 6 nitrogen and oxygen atoms in total. The average molecular weight is 429 g/mol. The summed E-state index contributed by atoms with van der Waals surface area (Å²) < 4.78 is 29.7. The normalized spacial score (nSPS) is 16.3. The molecule has 0 atom stereocenters. The third-order valence-corrected chi connectivity index (χ3v) is 5.19. The maximum atomic E-state index is 14.1. The molecule has 0 saturated heterocycles. The van der Waals surface area contributed by atoms with Crippen LogP contribution in [0, 0.1) is 5.82 Å². The number of thioether (sulfide) groups is 1. The summed E-state index contributed by atoms with van der Waals surface area (Å²) in [4.78, 5) is 17.1. The summed E-state index contributed by atoms with van der Waals surface area (Å²) in [6.45, 7) is 1.78. The van der Waals surface area contributed by atoms with Gasteiger partial charge in [0.15, 0.2) is 0 Å². The van der Waals surface area contributed by atoms with Crippen LogP contribution in [0.4, 0.5) is 10.1 Å². The highest BCUT2D eigenvalue weighted by Gasteiger charge is 2.33. The van der Waals surface area contributed by atoms with Gasteiger partial charge in [0, 0.05) is 11.6 Å². The van der Waals surface area contributed by atoms with Gasteiger partial charge in [0.1, 0.15) is 39.4 Å². The molecular weight excluding hydrogens is 409 g/mol. The summed E-state index contributed by atoms with van der Waals surface area (Å²) in [5.41, 5.74) is 0.601. The van der Waals surface area contributed by atoms with E-state index in [1.807, 2.05) is 0 Å². The van der Waals surface area contributed by atoms with Gasteiger partial charge in [-0.15, -0.1) is 0 Å². The van der Waals surface area contributed by atoms with E-state index >= 15 is 0 Å². The second-order valence-electron chi connectivity index (χ2n) is 6.03. The van der Waals surface area contributed by atoms with Crippen molar-refractivity contribution in [1.82, 2.24) is 0 Å². The quantitative estimate of drug-likeness (QED) is 0.649. The summed E-state index contributed by atoms with van der Waals surface area (Å²) in [5, 5.41) is 10.9. The minimum atomic E-state index is -0.734. The van der Waals surface area contributed by atoms with Crippen LogP contribution in [0.3, 0.4) is 0 Å². The van der Waals surface area contributed by atoms with Gasteiger partial charge in [-0.3, -0.25) is 0 Å². The van der Waals surface area contributed by atoms with Crippen molar-refractivity contribution in [1.29, 1.82) is 0 Å². The molecule has 1 heterocycles. The molecule has 0 aliphatic carbocycles. The highest BCUT2D eigenvalue weighted by molar-refractivity contribution is 8.18. The Morgan fingerprint density at radius 2 is 1.97 bits per heavy atom. The van der Waals surface area contributed by atoms with Gasteiger partial charge in [0.05, 0.1) is 25.7 Å². The standard InChI is InChI=1S/C22H20FNO5S/c1-4-29-22(26)19-20(25)18(11-13-9-10-14(27-2)12-17(13)28-3)30-21(19)24-16-8-6-5-7-15(16)23/h5-12,25H,4H2,1-3H3. The molecule has 8 heteroatoms. The molecule has 2 aromatic rings.